The highest BCUT2D eigenvalue weighted by atomic mass is 35.5. The van der Waals surface area contributed by atoms with Gasteiger partial charge in [0.05, 0.1) is 41.1 Å². The summed E-state index contributed by atoms with van der Waals surface area (Å²) < 4.78 is 211. The number of phosphoric acid groups is 1. The second-order valence-electron chi connectivity index (χ2n) is 17.1. The number of amides is 1. The Morgan fingerprint density at radius 1 is 1.04 bits per heavy atom. The summed E-state index contributed by atoms with van der Waals surface area (Å²) >= 11 is 6.59. The summed E-state index contributed by atoms with van der Waals surface area (Å²) in [6, 6.07) is 4.99. The highest BCUT2D eigenvalue weighted by Gasteiger charge is 2.68. The second kappa shape index (κ2) is 19.0. The number of hydrogen-bond acceptors (Lipinski definition) is 10. The Bertz CT molecular complexity index is 3250. The molecule has 384 valence electrons. The third kappa shape index (κ3) is 11.7. The molecule has 1 unspecified atom stereocenters. The topological polar surface area (TPSA) is 216 Å². The van der Waals surface area contributed by atoms with Gasteiger partial charge < -0.3 is 15.1 Å². The SMILES string of the molecule is CC(C)(C#Cc1ccc(-c2ccc(Cl)c3c(CN(CCOP(=O)(O)O)[SH](=O)=O)nn(CC(F)(F)F)c23)c(C(Cc2cc(F)cc(F)c2)NC(=O)Cn2nc(C(F)(F)F)c3c2C(F)(F)[C@@H]2C[C@H]32)n1)S(C)(=O)=O. The first kappa shape index (κ1) is 53.7. The smallest absolute Gasteiger partial charge is 0.346 e. The summed E-state index contributed by atoms with van der Waals surface area (Å²) in [6.45, 7) is -3.19. The van der Waals surface area contributed by atoms with Gasteiger partial charge in [-0.3, -0.25) is 18.7 Å². The molecule has 3 aromatic heterocycles. The van der Waals surface area contributed by atoms with Crippen LogP contribution < -0.4 is 5.32 Å². The Hall–Kier alpha value is -5.14. The van der Waals surface area contributed by atoms with E-state index < -0.39 is 160 Å². The van der Waals surface area contributed by atoms with Gasteiger partial charge in [0.25, 0.3) is 5.92 Å². The van der Waals surface area contributed by atoms with Crippen LogP contribution in [0.25, 0.3) is 22.0 Å². The molecule has 2 aromatic carbocycles. The number of phosphoric ester groups is 1. The Kier molecular flexibility index (Phi) is 14.4. The van der Waals surface area contributed by atoms with E-state index in [0.717, 1.165) is 30.5 Å². The van der Waals surface area contributed by atoms with Gasteiger partial charge in [0.2, 0.25) is 16.8 Å². The maximum Gasteiger partial charge on any atom is 0.469 e. The minimum atomic E-state index is -5.22. The third-order valence-electron chi connectivity index (χ3n) is 11.6. The van der Waals surface area contributed by atoms with Gasteiger partial charge >= 0.3 is 20.2 Å². The fraction of sp³-hybridized carbons (Fsp3) is 0.415. The Morgan fingerprint density at radius 2 is 1.69 bits per heavy atom. The number of hydrogen-bond donors (Lipinski definition) is 4. The highest BCUT2D eigenvalue weighted by molar-refractivity contribution is 7.92. The van der Waals surface area contributed by atoms with E-state index in [1.807, 2.05) is 0 Å². The van der Waals surface area contributed by atoms with Crippen LogP contribution in [0.15, 0.2) is 42.5 Å². The molecule has 30 heteroatoms. The predicted molar refractivity (Wildman–Crippen MR) is 231 cm³/mol. The number of carbonyl (C=O) groups is 1. The molecule has 0 bridgehead atoms. The second-order valence-corrected chi connectivity index (χ2v) is 22.3. The summed E-state index contributed by atoms with van der Waals surface area (Å²) in [6.07, 6.45) is -10.4. The van der Waals surface area contributed by atoms with Crippen molar-refractivity contribution in [3.8, 4) is 23.0 Å². The molecule has 0 saturated heterocycles. The molecule has 0 radical (unpaired) electrons. The van der Waals surface area contributed by atoms with E-state index in [4.69, 9.17) is 21.4 Å². The van der Waals surface area contributed by atoms with Gasteiger partial charge in [-0.1, -0.05) is 23.6 Å². The number of halogens is 11. The standard InChI is InChI=1S/C41H37ClF10N7O9PS2/c1-38(2,71(3,66)67)9-8-23-4-5-24(25-6-7-28(42)33-30(55-59(35(25)33)19-39(45,46)47)17-57(70(64)65)10-11-68-69(61,62)63)34(53-23)29(14-20-12-21(43)15-22(44)13-20)54-31(60)18-58-37-32(36(56-58)41(50,51)52)26-16-27(26)40(37,48)49/h4-7,12-13,15,26-27,29,70H,10-11,14,16-19H2,1-3H3,(H,54,60)(H2,61,62,63)/t26-,27+,29?/m0/s1. The number of thiol groups is 1. The molecule has 2 aliphatic rings. The molecule has 0 spiro atoms. The van der Waals surface area contributed by atoms with Crippen molar-refractivity contribution in [2.75, 3.05) is 19.4 Å². The quantitative estimate of drug-likeness (QED) is 0.0350. The van der Waals surface area contributed by atoms with Crippen molar-refractivity contribution < 1.29 is 84.4 Å². The minimum Gasteiger partial charge on any atom is -0.346 e. The Labute approximate surface area is 402 Å². The molecule has 1 amide bonds. The number of aromatic nitrogens is 5. The van der Waals surface area contributed by atoms with E-state index in [0.29, 0.717) is 15.1 Å². The van der Waals surface area contributed by atoms with Gasteiger partial charge in [0.15, 0.2) is 15.5 Å². The monoisotopic (exact) mass is 1090 g/mol. The molecular weight excluding hydrogens is 1060 g/mol. The number of rotatable bonds is 16. The van der Waals surface area contributed by atoms with Gasteiger partial charge in [0.1, 0.15) is 40.9 Å². The maximum atomic E-state index is 15.5. The summed E-state index contributed by atoms with van der Waals surface area (Å²) in [5.41, 5.74) is -5.94. The van der Waals surface area contributed by atoms with Gasteiger partial charge in [-0.05, 0) is 74.4 Å². The van der Waals surface area contributed by atoms with Crippen LogP contribution in [-0.2, 0) is 72.8 Å². The van der Waals surface area contributed by atoms with E-state index in [-0.39, 0.29) is 43.9 Å². The van der Waals surface area contributed by atoms with Gasteiger partial charge in [-0.2, -0.15) is 49.6 Å². The van der Waals surface area contributed by atoms with Crippen molar-refractivity contribution in [2.24, 2.45) is 5.92 Å². The van der Waals surface area contributed by atoms with E-state index in [1.165, 1.54) is 26.0 Å². The van der Waals surface area contributed by atoms with Crippen LogP contribution in [0.1, 0.15) is 71.8 Å². The van der Waals surface area contributed by atoms with Crippen molar-refractivity contribution in [2.45, 2.75) is 81.3 Å². The zero-order chi connectivity index (χ0) is 52.6. The molecule has 1 saturated carbocycles. The molecule has 7 rings (SSSR count). The highest BCUT2D eigenvalue weighted by Crippen LogP contribution is 2.68. The normalized spacial score (nSPS) is 17.3. The number of nitrogens with zero attached hydrogens (tertiary/aromatic N) is 6. The van der Waals surface area contributed by atoms with Crippen molar-refractivity contribution >= 4 is 57.0 Å². The average Bonchev–Trinajstić information content (AvgIpc) is 3.74. The van der Waals surface area contributed by atoms with Crippen LogP contribution in [-0.4, -0.2) is 91.7 Å². The number of sulfone groups is 1. The summed E-state index contributed by atoms with van der Waals surface area (Å²) in [5.74, 6) is -5.03. The van der Waals surface area contributed by atoms with Crippen molar-refractivity contribution in [1.82, 2.24) is 34.2 Å². The Balaban J connectivity index is 1.44. The van der Waals surface area contributed by atoms with Crippen LogP contribution in [0, 0.1) is 29.4 Å². The first-order valence-corrected chi connectivity index (χ1v) is 25.5. The van der Waals surface area contributed by atoms with Crippen LogP contribution in [0.4, 0.5) is 43.9 Å². The third-order valence-corrected chi connectivity index (χ3v) is 15.2. The lowest BCUT2D eigenvalue weighted by Crippen LogP contribution is -2.35. The first-order chi connectivity index (χ1) is 32.6. The number of pyridine rings is 1. The molecule has 5 aromatic rings. The number of benzene rings is 2. The molecule has 3 N–H and O–H groups in total. The van der Waals surface area contributed by atoms with Gasteiger partial charge in [0, 0.05) is 46.9 Å². The maximum absolute atomic E-state index is 15.5. The lowest BCUT2D eigenvalue weighted by atomic mass is 9.93. The zero-order valence-electron chi connectivity index (χ0n) is 36.6. The van der Waals surface area contributed by atoms with Crippen LogP contribution in [0.2, 0.25) is 5.02 Å². The Morgan fingerprint density at radius 3 is 2.28 bits per heavy atom. The zero-order valence-corrected chi connectivity index (χ0v) is 40.0. The van der Waals surface area contributed by atoms with E-state index in [9.17, 15) is 61.3 Å². The number of nitrogens with one attached hydrogen (secondary N) is 1. The van der Waals surface area contributed by atoms with E-state index >= 15 is 8.78 Å². The summed E-state index contributed by atoms with van der Waals surface area (Å²) in [7, 11) is -12.7. The predicted octanol–water partition coefficient (Wildman–Crippen LogP) is 6.73. The molecule has 0 aliphatic heterocycles. The van der Waals surface area contributed by atoms with Gasteiger partial charge in [-0.25, -0.2) is 35.2 Å². The van der Waals surface area contributed by atoms with Crippen LogP contribution in [0.3, 0.4) is 0 Å². The van der Waals surface area contributed by atoms with Crippen LogP contribution >= 0.6 is 19.4 Å². The molecule has 3 heterocycles. The van der Waals surface area contributed by atoms with Crippen molar-refractivity contribution in [3.63, 3.8) is 0 Å². The molecule has 3 atom stereocenters. The van der Waals surface area contributed by atoms with Gasteiger partial charge in [-0.15, -0.1) is 0 Å². The number of carbonyl (C=O) groups excluding carboxylic acids is 1. The molecule has 2 aliphatic carbocycles. The molecule has 16 nitrogen and oxygen atoms in total. The first-order valence-electron chi connectivity index (χ1n) is 20.5. The fourth-order valence-corrected chi connectivity index (χ4v) is 9.43. The minimum absolute atomic E-state index is 0.194. The lowest BCUT2D eigenvalue weighted by molar-refractivity contribution is -0.143. The van der Waals surface area contributed by atoms with Crippen LogP contribution in [0.5, 0.6) is 0 Å². The molecule has 71 heavy (non-hydrogen) atoms. The summed E-state index contributed by atoms with van der Waals surface area (Å²) in [5, 5.41) is 9.18. The van der Waals surface area contributed by atoms with E-state index in [1.54, 1.807) is 0 Å². The summed E-state index contributed by atoms with van der Waals surface area (Å²) in [4.78, 5) is 36.8. The largest absolute Gasteiger partial charge is 0.469 e. The molecule has 1 fully saturated rings. The molecular formula is C41H37ClF10N7O9PS2. The lowest BCUT2D eigenvalue weighted by Gasteiger charge is -2.23. The average molecular weight is 1090 g/mol. The number of fused-ring (bicyclic) bond motifs is 4. The number of alkyl halides is 8. The fourth-order valence-electron chi connectivity index (χ4n) is 8.12. The van der Waals surface area contributed by atoms with Crippen molar-refractivity contribution in [3.05, 3.63) is 98.7 Å². The van der Waals surface area contributed by atoms with Crippen molar-refractivity contribution in [1.29, 1.82) is 0 Å². The van der Waals surface area contributed by atoms with E-state index in [2.05, 4.69) is 36.9 Å².